The van der Waals surface area contributed by atoms with E-state index in [9.17, 15) is 9.59 Å². The van der Waals surface area contributed by atoms with Crippen molar-refractivity contribution in [3.63, 3.8) is 0 Å². The molecule has 2 N–H and O–H groups in total. The van der Waals surface area contributed by atoms with Crippen LogP contribution >= 0.6 is 0 Å². The summed E-state index contributed by atoms with van der Waals surface area (Å²) in [6.07, 6.45) is 10.2. The van der Waals surface area contributed by atoms with Crippen LogP contribution in [-0.4, -0.2) is 24.9 Å². The molecule has 0 aromatic heterocycles. The lowest BCUT2D eigenvalue weighted by Crippen LogP contribution is -2.54. The van der Waals surface area contributed by atoms with Gasteiger partial charge < -0.3 is 10.6 Å². The number of carbonyl (C=O) groups excluding carboxylic acids is 2. The lowest BCUT2D eigenvalue weighted by Gasteiger charge is -2.55. The molecule has 1 aromatic carbocycles. The van der Waals surface area contributed by atoms with Crippen LogP contribution in [0.4, 0.5) is 0 Å². The van der Waals surface area contributed by atoms with Gasteiger partial charge in [0.2, 0.25) is 11.8 Å². The average molecular weight is 369 g/mol. The number of amides is 2. The van der Waals surface area contributed by atoms with E-state index >= 15 is 0 Å². The SMILES string of the molecule is O=C(CNC(=O)C12CC3CC(CC(C3)C1)C2)NCCCCc1ccccc1. The van der Waals surface area contributed by atoms with Gasteiger partial charge in [0.05, 0.1) is 6.54 Å². The van der Waals surface area contributed by atoms with Crippen LogP contribution in [-0.2, 0) is 16.0 Å². The van der Waals surface area contributed by atoms with Gasteiger partial charge in [-0.3, -0.25) is 9.59 Å². The molecule has 0 aliphatic heterocycles. The van der Waals surface area contributed by atoms with E-state index in [-0.39, 0.29) is 23.8 Å². The van der Waals surface area contributed by atoms with Crippen LogP contribution in [0.5, 0.6) is 0 Å². The zero-order valence-corrected chi connectivity index (χ0v) is 16.2. The number of hydrogen-bond acceptors (Lipinski definition) is 2. The molecule has 27 heavy (non-hydrogen) atoms. The fraction of sp³-hybridized carbons (Fsp3) is 0.652. The molecule has 0 spiro atoms. The Morgan fingerprint density at radius 3 is 2.15 bits per heavy atom. The fourth-order valence-corrected chi connectivity index (χ4v) is 6.13. The maximum Gasteiger partial charge on any atom is 0.239 e. The Labute approximate surface area is 162 Å². The summed E-state index contributed by atoms with van der Waals surface area (Å²) in [6.45, 7) is 0.804. The number of hydrogen-bond donors (Lipinski definition) is 2. The molecule has 4 bridgehead atoms. The molecule has 4 heteroatoms. The van der Waals surface area contributed by atoms with Gasteiger partial charge in [-0.15, -0.1) is 0 Å². The third-order valence-electron chi connectivity index (χ3n) is 6.99. The zero-order valence-electron chi connectivity index (χ0n) is 16.2. The highest BCUT2D eigenvalue weighted by molar-refractivity contribution is 5.88. The van der Waals surface area contributed by atoms with E-state index in [4.69, 9.17) is 0 Å². The van der Waals surface area contributed by atoms with Crippen molar-refractivity contribution >= 4 is 11.8 Å². The van der Waals surface area contributed by atoms with E-state index in [2.05, 4.69) is 34.9 Å². The van der Waals surface area contributed by atoms with Crippen molar-refractivity contribution in [1.29, 1.82) is 0 Å². The molecular formula is C23H32N2O2. The molecule has 0 saturated heterocycles. The number of unbranched alkanes of at least 4 members (excludes halogenated alkanes) is 1. The summed E-state index contributed by atoms with van der Waals surface area (Å²) in [5.41, 5.74) is 1.18. The van der Waals surface area contributed by atoms with Gasteiger partial charge >= 0.3 is 0 Å². The van der Waals surface area contributed by atoms with Gasteiger partial charge in [-0.05, 0) is 81.1 Å². The van der Waals surface area contributed by atoms with Crippen molar-refractivity contribution in [3.8, 4) is 0 Å². The first kappa shape index (κ1) is 18.5. The smallest absolute Gasteiger partial charge is 0.239 e. The van der Waals surface area contributed by atoms with E-state index in [1.807, 2.05) is 6.07 Å². The molecule has 2 amide bonds. The standard InChI is InChI=1S/C23H32N2O2/c26-21(24-9-5-4-8-17-6-2-1-3-7-17)16-25-22(27)23-13-18-10-19(14-23)12-20(11-18)15-23/h1-3,6-7,18-20H,4-5,8-16H2,(H,24,26)(H,25,27). The second-order valence-electron chi connectivity index (χ2n) is 9.17. The quantitative estimate of drug-likeness (QED) is 0.691. The summed E-state index contributed by atoms with van der Waals surface area (Å²) >= 11 is 0. The maximum absolute atomic E-state index is 12.8. The largest absolute Gasteiger partial charge is 0.355 e. The molecule has 146 valence electrons. The first-order valence-corrected chi connectivity index (χ1v) is 10.7. The molecule has 4 saturated carbocycles. The van der Waals surface area contributed by atoms with Crippen LogP contribution < -0.4 is 10.6 Å². The minimum atomic E-state index is -0.162. The monoisotopic (exact) mass is 368 g/mol. The minimum Gasteiger partial charge on any atom is -0.355 e. The molecule has 0 unspecified atom stereocenters. The van der Waals surface area contributed by atoms with Gasteiger partial charge in [-0.25, -0.2) is 0 Å². The predicted molar refractivity (Wildman–Crippen MR) is 106 cm³/mol. The van der Waals surface area contributed by atoms with Gasteiger partial charge in [0.25, 0.3) is 0 Å². The summed E-state index contributed by atoms with van der Waals surface area (Å²) in [5, 5.41) is 5.90. The molecule has 5 rings (SSSR count). The molecule has 1 aromatic rings. The second kappa shape index (κ2) is 8.04. The Morgan fingerprint density at radius 1 is 0.889 bits per heavy atom. The Hall–Kier alpha value is -1.84. The van der Waals surface area contributed by atoms with Crippen LogP contribution in [0.25, 0.3) is 0 Å². The number of rotatable bonds is 8. The minimum absolute atomic E-state index is 0.0622. The zero-order chi connectivity index (χ0) is 18.7. The maximum atomic E-state index is 12.8. The molecule has 4 aliphatic carbocycles. The van der Waals surface area contributed by atoms with Crippen molar-refractivity contribution in [1.82, 2.24) is 10.6 Å². The third-order valence-corrected chi connectivity index (χ3v) is 6.99. The highest BCUT2D eigenvalue weighted by atomic mass is 16.2. The van der Waals surface area contributed by atoms with Crippen LogP contribution in [0.15, 0.2) is 30.3 Å². The lowest BCUT2D eigenvalue weighted by atomic mass is 9.49. The van der Waals surface area contributed by atoms with Gasteiger partial charge in [-0.1, -0.05) is 30.3 Å². The summed E-state index contributed by atoms with van der Waals surface area (Å²) in [7, 11) is 0. The van der Waals surface area contributed by atoms with Crippen LogP contribution in [0.3, 0.4) is 0 Å². The fourth-order valence-electron chi connectivity index (χ4n) is 6.13. The molecule has 0 heterocycles. The van der Waals surface area contributed by atoms with E-state index < -0.39 is 0 Å². The molecule has 0 atom stereocenters. The lowest BCUT2D eigenvalue weighted by molar-refractivity contribution is -0.147. The van der Waals surface area contributed by atoms with Crippen molar-refractivity contribution in [2.45, 2.75) is 57.8 Å². The normalized spacial score (nSPS) is 30.9. The number of aryl methyl sites for hydroxylation is 1. The van der Waals surface area contributed by atoms with E-state index in [1.54, 1.807) is 0 Å². The topological polar surface area (TPSA) is 58.2 Å². The Morgan fingerprint density at radius 2 is 1.52 bits per heavy atom. The van der Waals surface area contributed by atoms with Crippen molar-refractivity contribution in [2.75, 3.05) is 13.1 Å². The number of benzene rings is 1. The highest BCUT2D eigenvalue weighted by Crippen LogP contribution is 2.60. The van der Waals surface area contributed by atoms with E-state index in [0.29, 0.717) is 6.54 Å². The van der Waals surface area contributed by atoms with E-state index in [0.717, 1.165) is 56.3 Å². The highest BCUT2D eigenvalue weighted by Gasteiger charge is 2.54. The number of nitrogens with one attached hydrogen (secondary N) is 2. The third kappa shape index (κ3) is 4.36. The molecule has 0 radical (unpaired) electrons. The average Bonchev–Trinajstić information content (AvgIpc) is 2.65. The molecular weight excluding hydrogens is 336 g/mol. The summed E-state index contributed by atoms with van der Waals surface area (Å²) in [6, 6.07) is 10.4. The summed E-state index contributed by atoms with van der Waals surface area (Å²) in [4.78, 5) is 24.9. The Bertz CT molecular complexity index is 635. The number of carbonyl (C=O) groups is 2. The van der Waals surface area contributed by atoms with Crippen molar-refractivity contribution in [2.24, 2.45) is 23.2 Å². The van der Waals surface area contributed by atoms with Crippen LogP contribution in [0, 0.1) is 23.2 Å². The Kier molecular flexibility index (Phi) is 5.51. The van der Waals surface area contributed by atoms with Crippen LogP contribution in [0.2, 0.25) is 0 Å². The molecule has 4 nitrogen and oxygen atoms in total. The van der Waals surface area contributed by atoms with Gasteiger partial charge in [0.1, 0.15) is 0 Å². The first-order chi connectivity index (χ1) is 13.1. The van der Waals surface area contributed by atoms with Gasteiger partial charge in [-0.2, -0.15) is 0 Å². The Balaban J connectivity index is 1.14. The van der Waals surface area contributed by atoms with Crippen molar-refractivity contribution < 1.29 is 9.59 Å². The summed E-state index contributed by atoms with van der Waals surface area (Å²) < 4.78 is 0. The van der Waals surface area contributed by atoms with Crippen LogP contribution in [0.1, 0.15) is 56.9 Å². The van der Waals surface area contributed by atoms with Crippen molar-refractivity contribution in [3.05, 3.63) is 35.9 Å². The predicted octanol–water partition coefficient (Wildman–Crippen LogP) is 3.46. The van der Waals surface area contributed by atoms with E-state index in [1.165, 1.54) is 24.8 Å². The molecule has 4 fully saturated rings. The summed E-state index contributed by atoms with van der Waals surface area (Å²) in [5.74, 6) is 2.33. The molecule has 4 aliphatic rings. The second-order valence-corrected chi connectivity index (χ2v) is 9.17. The van der Waals surface area contributed by atoms with Gasteiger partial charge in [0, 0.05) is 12.0 Å². The first-order valence-electron chi connectivity index (χ1n) is 10.7. The van der Waals surface area contributed by atoms with Gasteiger partial charge in [0.15, 0.2) is 0 Å².